The van der Waals surface area contributed by atoms with Crippen molar-refractivity contribution in [3.63, 3.8) is 0 Å². The average molecular weight is 528 g/mol. The molecule has 0 atom stereocenters. The first kappa shape index (κ1) is 17.9. The fourth-order valence-corrected chi connectivity index (χ4v) is 3.85. The van der Waals surface area contributed by atoms with Gasteiger partial charge in [0.2, 0.25) is 0 Å². The number of hydrogen-bond acceptors (Lipinski definition) is 1. The normalized spacial score (nSPS) is 10.8. The molecule has 0 spiro atoms. The molecule has 0 heterocycles. The van der Waals surface area contributed by atoms with Crippen LogP contribution in [0.15, 0.2) is 30.3 Å². The molecule has 0 saturated heterocycles. The average Bonchev–Trinajstić information content (AvgIpc) is 2.42. The molecule has 118 valence electrons. The lowest BCUT2D eigenvalue weighted by Crippen LogP contribution is -2.01. The molecular formula is C17H16F2I2O. The number of halogens is 4. The van der Waals surface area contributed by atoms with Crippen LogP contribution < -0.4 is 4.74 Å². The van der Waals surface area contributed by atoms with E-state index in [2.05, 4.69) is 45.2 Å². The summed E-state index contributed by atoms with van der Waals surface area (Å²) in [6.07, 6.45) is 2.79. The third kappa shape index (κ3) is 5.04. The van der Waals surface area contributed by atoms with Crippen LogP contribution >= 0.6 is 45.2 Å². The Kier molecular flexibility index (Phi) is 6.86. The minimum atomic E-state index is -0.252. The third-order valence-corrected chi connectivity index (χ3v) is 5.16. The third-order valence-electron chi connectivity index (χ3n) is 3.36. The van der Waals surface area contributed by atoms with Gasteiger partial charge in [0.1, 0.15) is 17.4 Å². The summed E-state index contributed by atoms with van der Waals surface area (Å²) in [5, 5.41) is 0. The van der Waals surface area contributed by atoms with Gasteiger partial charge >= 0.3 is 0 Å². The number of hydrogen-bond donors (Lipinski definition) is 0. The maximum absolute atomic E-state index is 13.3. The molecule has 0 saturated carbocycles. The Morgan fingerprint density at radius 3 is 2.36 bits per heavy atom. The van der Waals surface area contributed by atoms with Crippen molar-refractivity contribution in [3.05, 3.63) is 60.2 Å². The maximum atomic E-state index is 13.3. The summed E-state index contributed by atoms with van der Waals surface area (Å²) in [6, 6.07) is 7.67. The Balaban J connectivity index is 1.80. The summed E-state index contributed by atoms with van der Waals surface area (Å²) in [7, 11) is 0. The highest BCUT2D eigenvalue weighted by Crippen LogP contribution is 2.23. The molecule has 5 heteroatoms. The molecular weight excluding hydrogens is 512 g/mol. The fraction of sp³-hybridized carbons (Fsp3) is 0.294. The van der Waals surface area contributed by atoms with E-state index in [0.29, 0.717) is 6.61 Å². The van der Waals surface area contributed by atoms with Crippen molar-refractivity contribution in [3.8, 4) is 5.75 Å². The first-order chi connectivity index (χ1) is 10.5. The van der Waals surface area contributed by atoms with Crippen molar-refractivity contribution in [1.82, 2.24) is 0 Å². The zero-order valence-electron chi connectivity index (χ0n) is 12.1. The van der Waals surface area contributed by atoms with Crippen LogP contribution in [-0.4, -0.2) is 6.61 Å². The van der Waals surface area contributed by atoms with Crippen molar-refractivity contribution in [2.24, 2.45) is 0 Å². The Hall–Kier alpha value is -0.440. The molecule has 2 aromatic rings. The largest absolute Gasteiger partial charge is 0.492 e. The molecule has 0 bridgehead atoms. The number of benzene rings is 2. The molecule has 0 aliphatic carbocycles. The van der Waals surface area contributed by atoms with Gasteiger partial charge in [-0.1, -0.05) is 0 Å². The maximum Gasteiger partial charge on any atom is 0.132 e. The van der Waals surface area contributed by atoms with Crippen LogP contribution in [0.1, 0.15) is 24.0 Å². The predicted octanol–water partition coefficient (Wildman–Crippen LogP) is 5.88. The van der Waals surface area contributed by atoms with E-state index in [1.54, 1.807) is 18.2 Å². The van der Waals surface area contributed by atoms with Crippen LogP contribution in [0.4, 0.5) is 8.78 Å². The lowest BCUT2D eigenvalue weighted by molar-refractivity contribution is 0.304. The van der Waals surface area contributed by atoms with E-state index in [9.17, 15) is 8.78 Å². The van der Waals surface area contributed by atoms with E-state index in [1.807, 2.05) is 6.92 Å². The Bertz CT molecular complexity index is 636. The van der Waals surface area contributed by atoms with Crippen LogP contribution in [-0.2, 0) is 6.42 Å². The molecule has 0 unspecified atom stereocenters. The number of aryl methyl sites for hydroxylation is 1. The van der Waals surface area contributed by atoms with Gasteiger partial charge in [0.05, 0.1) is 10.2 Å². The summed E-state index contributed by atoms with van der Waals surface area (Å²) < 4.78 is 33.7. The van der Waals surface area contributed by atoms with Gasteiger partial charge in [0, 0.05) is 3.57 Å². The second-order valence-electron chi connectivity index (χ2n) is 5.06. The van der Waals surface area contributed by atoms with Crippen molar-refractivity contribution >= 4 is 45.2 Å². The standard InChI is InChI=1S/C17H16F2I2O/c1-11-8-13(19)10-15(20)14(11)4-2-3-7-22-17-6-5-12(18)9-16(17)21/h5-6,8-10H,2-4,7H2,1H3. The zero-order chi connectivity index (χ0) is 16.1. The quantitative estimate of drug-likeness (QED) is 0.336. The number of ether oxygens (including phenoxy) is 1. The Morgan fingerprint density at radius 2 is 1.68 bits per heavy atom. The van der Waals surface area contributed by atoms with Crippen molar-refractivity contribution in [2.75, 3.05) is 6.61 Å². The van der Waals surface area contributed by atoms with Gasteiger partial charge < -0.3 is 4.74 Å². The topological polar surface area (TPSA) is 9.23 Å². The summed E-state index contributed by atoms with van der Waals surface area (Å²) >= 11 is 4.25. The van der Waals surface area contributed by atoms with Crippen molar-refractivity contribution in [1.29, 1.82) is 0 Å². The summed E-state index contributed by atoms with van der Waals surface area (Å²) in [6.45, 7) is 2.54. The summed E-state index contributed by atoms with van der Waals surface area (Å²) in [4.78, 5) is 0. The molecule has 0 aliphatic heterocycles. The van der Waals surface area contributed by atoms with Gasteiger partial charge in [-0.05, 0) is 113 Å². The van der Waals surface area contributed by atoms with Gasteiger partial charge in [-0.2, -0.15) is 0 Å². The van der Waals surface area contributed by atoms with E-state index >= 15 is 0 Å². The molecule has 2 rings (SSSR count). The fourth-order valence-electron chi connectivity index (χ4n) is 2.23. The van der Waals surface area contributed by atoms with E-state index in [4.69, 9.17) is 4.74 Å². The summed E-state index contributed by atoms with van der Waals surface area (Å²) in [5.74, 6) is 0.285. The van der Waals surface area contributed by atoms with E-state index in [1.165, 1.54) is 17.7 Å². The van der Waals surface area contributed by atoms with Gasteiger partial charge in [-0.3, -0.25) is 0 Å². The minimum absolute atomic E-state index is 0.181. The van der Waals surface area contributed by atoms with Crippen molar-refractivity contribution in [2.45, 2.75) is 26.2 Å². The Morgan fingerprint density at radius 1 is 0.955 bits per heavy atom. The molecule has 0 N–H and O–H groups in total. The van der Waals surface area contributed by atoms with Crippen LogP contribution in [0.2, 0.25) is 0 Å². The molecule has 0 fully saturated rings. The smallest absolute Gasteiger partial charge is 0.132 e. The molecule has 0 aliphatic rings. The zero-order valence-corrected chi connectivity index (χ0v) is 16.5. The summed E-state index contributed by atoms with van der Waals surface area (Å²) in [5.41, 5.74) is 2.21. The van der Waals surface area contributed by atoms with E-state index in [-0.39, 0.29) is 11.6 Å². The highest BCUT2D eigenvalue weighted by Gasteiger charge is 2.07. The SMILES string of the molecule is Cc1cc(F)cc(I)c1CCCCOc1ccc(F)cc1I. The monoisotopic (exact) mass is 528 g/mol. The second kappa shape index (κ2) is 8.42. The lowest BCUT2D eigenvalue weighted by Gasteiger charge is -2.10. The van der Waals surface area contributed by atoms with Crippen LogP contribution in [0.5, 0.6) is 5.75 Å². The molecule has 22 heavy (non-hydrogen) atoms. The molecule has 1 nitrogen and oxygen atoms in total. The Labute approximate surface area is 156 Å². The highest BCUT2D eigenvalue weighted by atomic mass is 127. The van der Waals surface area contributed by atoms with Gasteiger partial charge in [-0.15, -0.1) is 0 Å². The molecule has 2 aromatic carbocycles. The first-order valence-electron chi connectivity index (χ1n) is 7.00. The van der Waals surface area contributed by atoms with Crippen LogP contribution in [0, 0.1) is 25.7 Å². The van der Waals surface area contributed by atoms with Crippen LogP contribution in [0.25, 0.3) is 0 Å². The molecule has 0 amide bonds. The van der Waals surface area contributed by atoms with E-state index in [0.717, 1.165) is 37.7 Å². The first-order valence-corrected chi connectivity index (χ1v) is 9.15. The number of unbranched alkanes of at least 4 members (excludes halogenated alkanes) is 1. The van der Waals surface area contributed by atoms with E-state index < -0.39 is 0 Å². The molecule has 0 radical (unpaired) electrons. The van der Waals surface area contributed by atoms with Crippen LogP contribution in [0.3, 0.4) is 0 Å². The van der Waals surface area contributed by atoms with Gasteiger partial charge in [0.25, 0.3) is 0 Å². The number of rotatable bonds is 6. The van der Waals surface area contributed by atoms with Gasteiger partial charge in [-0.25, -0.2) is 8.78 Å². The minimum Gasteiger partial charge on any atom is -0.492 e. The van der Waals surface area contributed by atoms with Crippen molar-refractivity contribution < 1.29 is 13.5 Å². The van der Waals surface area contributed by atoms with Gasteiger partial charge in [0.15, 0.2) is 0 Å². The lowest BCUT2D eigenvalue weighted by atomic mass is 10.0. The second-order valence-corrected chi connectivity index (χ2v) is 7.39. The predicted molar refractivity (Wildman–Crippen MR) is 101 cm³/mol. The highest BCUT2D eigenvalue weighted by molar-refractivity contribution is 14.1. The molecule has 0 aromatic heterocycles.